The number of nitrogens with zero attached hydrogens (tertiary/aromatic N) is 2. The Morgan fingerprint density at radius 2 is 2.10 bits per heavy atom. The van der Waals surface area contributed by atoms with Gasteiger partial charge in [-0.15, -0.1) is 11.3 Å². The van der Waals surface area contributed by atoms with Gasteiger partial charge in [0.2, 0.25) is 0 Å². The van der Waals surface area contributed by atoms with Gasteiger partial charge in [0.1, 0.15) is 0 Å². The van der Waals surface area contributed by atoms with Crippen LogP contribution in [-0.2, 0) is 16.6 Å². The molecule has 1 atom stereocenters. The van der Waals surface area contributed by atoms with Crippen molar-refractivity contribution < 1.29 is 8.42 Å². The Bertz CT molecular complexity index is 474. The molecule has 0 spiro atoms. The molecule has 0 aromatic carbocycles. The van der Waals surface area contributed by atoms with Crippen molar-refractivity contribution >= 4 is 21.5 Å². The third-order valence-corrected chi connectivity index (χ3v) is 6.31. The lowest BCUT2D eigenvalue weighted by Gasteiger charge is -2.28. The predicted molar refractivity (Wildman–Crippen MR) is 85.3 cm³/mol. The molecular weight excluding hydrogens is 294 g/mol. The minimum atomic E-state index is -3.38. The molecular formula is C13H25N3O2S2. The Morgan fingerprint density at radius 1 is 1.40 bits per heavy atom. The number of nitrogens with one attached hydrogen (secondary N) is 1. The molecule has 0 bridgehead atoms. The zero-order chi connectivity index (χ0) is 15.2. The highest BCUT2D eigenvalue weighted by molar-refractivity contribution is 7.86. The number of thiophene rings is 1. The molecule has 1 aromatic heterocycles. The highest BCUT2D eigenvalue weighted by atomic mass is 32.2. The van der Waals surface area contributed by atoms with E-state index in [2.05, 4.69) is 5.32 Å². The minimum Gasteiger partial charge on any atom is -0.320 e. The molecule has 1 rings (SSSR count). The Labute approximate surface area is 126 Å². The molecule has 1 unspecified atom stereocenters. The van der Waals surface area contributed by atoms with Crippen molar-refractivity contribution in [1.82, 2.24) is 13.9 Å². The fourth-order valence-corrected chi connectivity index (χ4v) is 4.04. The molecule has 0 amide bonds. The van der Waals surface area contributed by atoms with Gasteiger partial charge in [0.25, 0.3) is 10.2 Å². The zero-order valence-corrected chi connectivity index (χ0v) is 14.3. The highest BCUT2D eigenvalue weighted by Gasteiger charge is 2.27. The van der Waals surface area contributed by atoms with Crippen LogP contribution in [0.25, 0.3) is 0 Å². The summed E-state index contributed by atoms with van der Waals surface area (Å²) in [5.41, 5.74) is 0. The van der Waals surface area contributed by atoms with E-state index < -0.39 is 10.2 Å². The van der Waals surface area contributed by atoms with Crippen molar-refractivity contribution in [3.05, 3.63) is 22.4 Å². The van der Waals surface area contributed by atoms with Gasteiger partial charge in [0.05, 0.1) is 0 Å². The van der Waals surface area contributed by atoms with E-state index in [0.29, 0.717) is 6.54 Å². The highest BCUT2D eigenvalue weighted by Crippen LogP contribution is 2.16. The summed E-state index contributed by atoms with van der Waals surface area (Å²) in [6.07, 6.45) is 1.55. The lowest BCUT2D eigenvalue weighted by molar-refractivity contribution is 0.342. The van der Waals surface area contributed by atoms with Gasteiger partial charge in [-0.2, -0.15) is 17.0 Å². The van der Waals surface area contributed by atoms with E-state index in [4.69, 9.17) is 0 Å². The second-order valence-corrected chi connectivity index (χ2v) is 8.06. The molecule has 0 saturated carbocycles. The number of hydrogen-bond donors (Lipinski definition) is 1. The lowest BCUT2D eigenvalue weighted by Crippen LogP contribution is -2.45. The van der Waals surface area contributed by atoms with Crippen molar-refractivity contribution in [3.63, 3.8) is 0 Å². The molecule has 1 aromatic rings. The SMILES string of the molecule is CNCCCN(C)S(=O)(=O)N(C)C(C)Cc1cccs1. The molecule has 20 heavy (non-hydrogen) atoms. The maximum Gasteiger partial charge on any atom is 0.281 e. The normalized spacial score (nSPS) is 14.1. The summed E-state index contributed by atoms with van der Waals surface area (Å²) in [5.74, 6) is 0. The van der Waals surface area contributed by atoms with Gasteiger partial charge >= 0.3 is 0 Å². The molecule has 1 N–H and O–H groups in total. The minimum absolute atomic E-state index is 0.0506. The third kappa shape index (κ3) is 4.82. The molecule has 1 heterocycles. The van der Waals surface area contributed by atoms with Crippen LogP contribution in [-0.4, -0.2) is 57.3 Å². The summed E-state index contributed by atoms with van der Waals surface area (Å²) in [4.78, 5) is 1.21. The first kappa shape index (κ1) is 17.6. The van der Waals surface area contributed by atoms with Crippen LogP contribution in [0.15, 0.2) is 17.5 Å². The molecule has 0 aliphatic carbocycles. The van der Waals surface area contributed by atoms with Crippen LogP contribution in [0.2, 0.25) is 0 Å². The average Bonchev–Trinajstić information content (AvgIpc) is 2.90. The average molecular weight is 319 g/mol. The van der Waals surface area contributed by atoms with Crippen LogP contribution in [0.3, 0.4) is 0 Å². The van der Waals surface area contributed by atoms with Crippen molar-refractivity contribution in [3.8, 4) is 0 Å². The number of rotatable bonds is 9. The number of likely N-dealkylation sites (N-methyl/N-ethyl adjacent to an activating group) is 1. The molecule has 0 fully saturated rings. The molecule has 7 heteroatoms. The summed E-state index contributed by atoms with van der Waals surface area (Å²) in [5, 5.41) is 5.04. The second kappa shape index (κ2) is 8.09. The van der Waals surface area contributed by atoms with Crippen LogP contribution >= 0.6 is 11.3 Å². The van der Waals surface area contributed by atoms with Crippen LogP contribution in [0.5, 0.6) is 0 Å². The third-order valence-electron chi connectivity index (χ3n) is 3.35. The monoisotopic (exact) mass is 319 g/mol. The van der Waals surface area contributed by atoms with E-state index in [-0.39, 0.29) is 6.04 Å². The van der Waals surface area contributed by atoms with E-state index >= 15 is 0 Å². The van der Waals surface area contributed by atoms with Crippen molar-refractivity contribution in [2.45, 2.75) is 25.8 Å². The first-order valence-electron chi connectivity index (χ1n) is 6.76. The molecule has 0 aliphatic heterocycles. The standard InChI is InChI=1S/C13H25N3O2S2/c1-12(11-13-7-5-10-19-13)16(4)20(17,18)15(3)9-6-8-14-2/h5,7,10,12,14H,6,8-9,11H2,1-4H3. The Balaban J connectivity index is 2.60. The largest absolute Gasteiger partial charge is 0.320 e. The maximum absolute atomic E-state index is 12.4. The second-order valence-electron chi connectivity index (χ2n) is 4.94. The van der Waals surface area contributed by atoms with Crippen LogP contribution < -0.4 is 5.32 Å². The van der Waals surface area contributed by atoms with Crippen molar-refractivity contribution in [2.75, 3.05) is 34.2 Å². The molecule has 116 valence electrons. The van der Waals surface area contributed by atoms with Gasteiger partial charge in [-0.1, -0.05) is 6.07 Å². The summed E-state index contributed by atoms with van der Waals surface area (Å²) in [7, 11) is 1.78. The van der Waals surface area contributed by atoms with Crippen molar-refractivity contribution in [2.24, 2.45) is 0 Å². The van der Waals surface area contributed by atoms with Gasteiger partial charge in [-0.05, 0) is 44.8 Å². The van der Waals surface area contributed by atoms with Gasteiger partial charge in [-0.25, -0.2) is 0 Å². The summed E-state index contributed by atoms with van der Waals surface area (Å²) >= 11 is 1.66. The summed E-state index contributed by atoms with van der Waals surface area (Å²) < 4.78 is 27.7. The first-order chi connectivity index (χ1) is 9.39. The molecule has 0 saturated heterocycles. The fraction of sp³-hybridized carbons (Fsp3) is 0.692. The van der Waals surface area contributed by atoms with Crippen LogP contribution in [0, 0.1) is 0 Å². The Hall–Kier alpha value is -0.470. The molecule has 0 radical (unpaired) electrons. The van der Waals surface area contributed by atoms with E-state index in [1.54, 1.807) is 25.4 Å². The summed E-state index contributed by atoms with van der Waals surface area (Å²) in [6.45, 7) is 3.28. The smallest absolute Gasteiger partial charge is 0.281 e. The van der Waals surface area contributed by atoms with E-state index in [9.17, 15) is 8.42 Å². The van der Waals surface area contributed by atoms with E-state index in [1.807, 2.05) is 31.5 Å². The van der Waals surface area contributed by atoms with E-state index in [1.165, 1.54) is 13.5 Å². The topological polar surface area (TPSA) is 52.7 Å². The molecule has 5 nitrogen and oxygen atoms in total. The Morgan fingerprint density at radius 3 is 2.65 bits per heavy atom. The predicted octanol–water partition coefficient (Wildman–Crippen LogP) is 1.40. The van der Waals surface area contributed by atoms with Gasteiger partial charge in [-0.3, -0.25) is 0 Å². The van der Waals surface area contributed by atoms with Crippen LogP contribution in [0.1, 0.15) is 18.2 Å². The quantitative estimate of drug-likeness (QED) is 0.700. The van der Waals surface area contributed by atoms with Crippen LogP contribution in [0.4, 0.5) is 0 Å². The zero-order valence-electron chi connectivity index (χ0n) is 12.7. The van der Waals surface area contributed by atoms with Gasteiger partial charge in [0, 0.05) is 31.6 Å². The van der Waals surface area contributed by atoms with Crippen molar-refractivity contribution in [1.29, 1.82) is 0 Å². The first-order valence-corrected chi connectivity index (χ1v) is 9.03. The summed E-state index contributed by atoms with van der Waals surface area (Å²) in [6, 6.07) is 3.98. The van der Waals surface area contributed by atoms with Gasteiger partial charge < -0.3 is 5.32 Å². The Kier molecular flexibility index (Phi) is 7.11. The maximum atomic E-state index is 12.4. The fourth-order valence-electron chi connectivity index (χ4n) is 1.89. The lowest BCUT2D eigenvalue weighted by atomic mass is 10.2. The van der Waals surface area contributed by atoms with E-state index in [0.717, 1.165) is 19.4 Å². The van der Waals surface area contributed by atoms with Gasteiger partial charge in [0.15, 0.2) is 0 Å². The number of hydrogen-bond acceptors (Lipinski definition) is 4. The molecule has 0 aliphatic rings.